The maximum Gasteiger partial charge on any atom is 0.217 e. The van der Waals surface area contributed by atoms with Crippen LogP contribution >= 0.6 is 0 Å². The molecule has 7 heteroatoms. The van der Waals surface area contributed by atoms with Gasteiger partial charge in [0.15, 0.2) is 9.84 Å². The Bertz CT molecular complexity index is 1070. The molecule has 2 atom stereocenters. The van der Waals surface area contributed by atoms with Crippen LogP contribution in [0.15, 0.2) is 47.4 Å². The molecule has 1 amide bonds. The van der Waals surface area contributed by atoms with Gasteiger partial charge in [-0.1, -0.05) is 57.0 Å². The quantitative estimate of drug-likeness (QED) is 0.537. The van der Waals surface area contributed by atoms with Crippen LogP contribution in [0.2, 0.25) is 0 Å². The van der Waals surface area contributed by atoms with Gasteiger partial charge in [-0.05, 0) is 54.5 Å². The molecule has 0 unspecified atom stereocenters. The fraction of sp³-hybridized carbons (Fsp3) is 0.500. The summed E-state index contributed by atoms with van der Waals surface area (Å²) in [6.45, 7) is 4.19. The lowest BCUT2D eigenvalue weighted by Crippen LogP contribution is -2.50. The number of ether oxygens (including phenoxy) is 1. The molecule has 6 nitrogen and oxygen atoms in total. The Balaban J connectivity index is 2.18. The SMILES string of the molecule is CCCC[C@]1(CC)CS(=O)(=O)c2cc(CCCC(N)=O)c(OC)cc2[C@@H](c2ccccc2)N1. The lowest BCUT2D eigenvalue weighted by molar-refractivity contribution is -0.118. The summed E-state index contributed by atoms with van der Waals surface area (Å²) in [5.41, 5.74) is 7.29. The molecule has 3 rings (SSSR count). The van der Waals surface area contributed by atoms with Gasteiger partial charge in [0, 0.05) is 12.0 Å². The number of nitrogens with one attached hydrogen (secondary N) is 1. The summed E-state index contributed by atoms with van der Waals surface area (Å²) in [5.74, 6) is 0.321. The molecule has 1 aliphatic rings. The summed E-state index contributed by atoms with van der Waals surface area (Å²) in [6, 6.07) is 13.3. The number of primary amides is 1. The molecule has 180 valence electrons. The summed E-state index contributed by atoms with van der Waals surface area (Å²) in [6.07, 6.45) is 4.77. The van der Waals surface area contributed by atoms with E-state index in [2.05, 4.69) is 19.2 Å². The highest BCUT2D eigenvalue weighted by molar-refractivity contribution is 7.91. The van der Waals surface area contributed by atoms with Crippen LogP contribution in [-0.2, 0) is 21.1 Å². The predicted octanol–water partition coefficient (Wildman–Crippen LogP) is 4.31. The number of benzene rings is 2. The Labute approximate surface area is 197 Å². The highest BCUT2D eigenvalue weighted by Gasteiger charge is 2.42. The number of methoxy groups -OCH3 is 1. The summed E-state index contributed by atoms with van der Waals surface area (Å²) in [7, 11) is -1.98. The van der Waals surface area contributed by atoms with E-state index in [1.165, 1.54) is 0 Å². The Morgan fingerprint density at radius 3 is 2.52 bits per heavy atom. The summed E-state index contributed by atoms with van der Waals surface area (Å²) in [4.78, 5) is 11.6. The highest BCUT2D eigenvalue weighted by atomic mass is 32.2. The molecule has 0 aromatic heterocycles. The van der Waals surface area contributed by atoms with Gasteiger partial charge in [-0.3, -0.25) is 10.1 Å². The van der Waals surface area contributed by atoms with Crippen LogP contribution in [0.3, 0.4) is 0 Å². The van der Waals surface area contributed by atoms with Crippen molar-refractivity contribution in [2.75, 3.05) is 12.9 Å². The number of sulfone groups is 1. The Morgan fingerprint density at radius 1 is 1.18 bits per heavy atom. The first-order chi connectivity index (χ1) is 15.7. The average molecular weight is 473 g/mol. The highest BCUT2D eigenvalue weighted by Crippen LogP contribution is 2.41. The van der Waals surface area contributed by atoms with Crippen molar-refractivity contribution in [2.24, 2.45) is 5.73 Å². The van der Waals surface area contributed by atoms with Crippen molar-refractivity contribution >= 4 is 15.7 Å². The maximum atomic E-state index is 13.8. The maximum absolute atomic E-state index is 13.8. The lowest BCUT2D eigenvalue weighted by atomic mass is 9.87. The van der Waals surface area contributed by atoms with Gasteiger partial charge in [-0.2, -0.15) is 0 Å². The fourth-order valence-electron chi connectivity index (χ4n) is 4.77. The number of rotatable bonds is 10. The van der Waals surface area contributed by atoms with Crippen molar-refractivity contribution in [1.82, 2.24) is 5.32 Å². The van der Waals surface area contributed by atoms with Gasteiger partial charge in [-0.15, -0.1) is 0 Å². The second-order valence-electron chi connectivity index (χ2n) is 9.01. The molecular weight excluding hydrogens is 436 g/mol. The van der Waals surface area contributed by atoms with Gasteiger partial charge in [0.2, 0.25) is 5.91 Å². The first-order valence-electron chi connectivity index (χ1n) is 11.8. The van der Waals surface area contributed by atoms with Gasteiger partial charge in [0.1, 0.15) is 5.75 Å². The van der Waals surface area contributed by atoms with E-state index < -0.39 is 15.4 Å². The molecule has 2 aromatic rings. The molecule has 0 radical (unpaired) electrons. The number of fused-ring (bicyclic) bond motifs is 1. The van der Waals surface area contributed by atoms with E-state index >= 15 is 0 Å². The minimum Gasteiger partial charge on any atom is -0.496 e. The van der Waals surface area contributed by atoms with Crippen LogP contribution in [0.1, 0.15) is 75.1 Å². The third-order valence-electron chi connectivity index (χ3n) is 6.66. The molecule has 33 heavy (non-hydrogen) atoms. The van der Waals surface area contributed by atoms with Crippen molar-refractivity contribution in [3.63, 3.8) is 0 Å². The van der Waals surface area contributed by atoms with Crippen molar-refractivity contribution in [1.29, 1.82) is 0 Å². The van der Waals surface area contributed by atoms with E-state index in [0.717, 1.165) is 30.4 Å². The molecule has 0 saturated carbocycles. The number of hydrogen-bond acceptors (Lipinski definition) is 5. The van der Waals surface area contributed by atoms with E-state index in [1.54, 1.807) is 13.2 Å². The third-order valence-corrected chi connectivity index (χ3v) is 8.62. The van der Waals surface area contributed by atoms with E-state index in [-0.39, 0.29) is 24.1 Å². The first kappa shape index (κ1) is 25.2. The van der Waals surface area contributed by atoms with Crippen LogP contribution in [0.4, 0.5) is 0 Å². The predicted molar refractivity (Wildman–Crippen MR) is 131 cm³/mol. The number of carbonyl (C=O) groups is 1. The molecule has 1 heterocycles. The van der Waals surface area contributed by atoms with Crippen LogP contribution < -0.4 is 15.8 Å². The number of carbonyl (C=O) groups excluding carboxylic acids is 1. The van der Waals surface area contributed by atoms with Crippen LogP contribution in [0, 0.1) is 0 Å². The molecule has 0 saturated heterocycles. The number of hydrogen-bond donors (Lipinski definition) is 2. The second kappa shape index (κ2) is 10.7. The normalized spacial score (nSPS) is 21.7. The van der Waals surface area contributed by atoms with Crippen molar-refractivity contribution in [3.8, 4) is 5.75 Å². The van der Waals surface area contributed by atoms with Gasteiger partial charge in [0.25, 0.3) is 0 Å². The summed E-state index contributed by atoms with van der Waals surface area (Å²) < 4.78 is 33.2. The van der Waals surface area contributed by atoms with Gasteiger partial charge in [-0.25, -0.2) is 8.42 Å². The van der Waals surface area contributed by atoms with Crippen LogP contribution in [0.5, 0.6) is 5.75 Å². The molecular formula is C26H36N2O4S. The zero-order chi connectivity index (χ0) is 24.1. The summed E-state index contributed by atoms with van der Waals surface area (Å²) in [5, 5.41) is 3.78. The molecule has 2 aromatic carbocycles. The Morgan fingerprint density at radius 2 is 1.91 bits per heavy atom. The first-order valence-corrected chi connectivity index (χ1v) is 13.4. The van der Waals surface area contributed by atoms with E-state index in [9.17, 15) is 13.2 Å². The zero-order valence-electron chi connectivity index (χ0n) is 19.9. The Hall–Kier alpha value is -2.38. The molecule has 0 spiro atoms. The van der Waals surface area contributed by atoms with Gasteiger partial charge < -0.3 is 10.5 Å². The number of amides is 1. The molecule has 0 aliphatic carbocycles. The van der Waals surface area contributed by atoms with E-state index in [0.29, 0.717) is 35.5 Å². The molecule has 0 fully saturated rings. The largest absolute Gasteiger partial charge is 0.496 e. The second-order valence-corrected chi connectivity index (χ2v) is 11.0. The van der Waals surface area contributed by atoms with Crippen LogP contribution in [-0.4, -0.2) is 32.7 Å². The summed E-state index contributed by atoms with van der Waals surface area (Å²) >= 11 is 0. The van der Waals surface area contributed by atoms with Crippen LogP contribution in [0.25, 0.3) is 0 Å². The number of unbranched alkanes of at least 4 members (excludes halogenated alkanes) is 1. The molecule has 0 bridgehead atoms. The van der Waals surface area contributed by atoms with Gasteiger partial charge >= 0.3 is 0 Å². The number of nitrogens with two attached hydrogens (primary N) is 1. The lowest BCUT2D eigenvalue weighted by Gasteiger charge is -2.36. The molecule has 3 N–H and O–H groups in total. The smallest absolute Gasteiger partial charge is 0.217 e. The monoisotopic (exact) mass is 472 g/mol. The average Bonchev–Trinajstić information content (AvgIpc) is 2.90. The van der Waals surface area contributed by atoms with Gasteiger partial charge in [0.05, 0.1) is 23.8 Å². The van der Waals surface area contributed by atoms with E-state index in [4.69, 9.17) is 10.5 Å². The zero-order valence-corrected chi connectivity index (χ0v) is 20.7. The Kier molecular flexibility index (Phi) is 8.19. The fourth-order valence-corrected chi connectivity index (χ4v) is 6.94. The molecule has 1 aliphatic heterocycles. The van der Waals surface area contributed by atoms with Crippen molar-refractivity contribution in [3.05, 3.63) is 59.2 Å². The third kappa shape index (κ3) is 5.76. The van der Waals surface area contributed by atoms with Crippen molar-refractivity contribution in [2.45, 2.75) is 75.3 Å². The topological polar surface area (TPSA) is 98.5 Å². The standard InChI is InChI=1S/C26H36N2O4S/c1-4-6-15-26(5-2)18-33(30,31)23-16-20(13-10-14-24(27)29)22(32-3)17-21(23)25(28-26)19-11-8-7-9-12-19/h7-9,11-12,16-17,25,28H,4-6,10,13-15,18H2,1-3H3,(H2,27,29)/t25-,26-/m1/s1. The van der Waals surface area contributed by atoms with E-state index in [1.807, 2.05) is 36.4 Å². The van der Waals surface area contributed by atoms with Crippen molar-refractivity contribution < 1.29 is 17.9 Å². The minimum absolute atomic E-state index is 0.0554. The minimum atomic E-state index is -3.57. The number of aryl methyl sites for hydroxylation is 1.